The van der Waals surface area contributed by atoms with Crippen molar-refractivity contribution in [2.45, 2.75) is 63.7 Å². The summed E-state index contributed by atoms with van der Waals surface area (Å²) in [6, 6.07) is 4.41. The third kappa shape index (κ3) is 11.3. The summed E-state index contributed by atoms with van der Waals surface area (Å²) < 4.78 is 0. The number of aliphatic hydroxyl groups excluding tert-OH is 1. The highest BCUT2D eigenvalue weighted by Gasteiger charge is 2.32. The molecule has 0 aliphatic rings. The van der Waals surface area contributed by atoms with Gasteiger partial charge in [-0.3, -0.25) is 19.4 Å². The van der Waals surface area contributed by atoms with E-state index in [0.717, 1.165) is 5.56 Å². The number of benzene rings is 1. The Labute approximate surface area is 216 Å². The Morgan fingerprint density at radius 2 is 1.59 bits per heavy atom. The fourth-order valence-electron chi connectivity index (χ4n) is 3.41. The Morgan fingerprint density at radius 3 is 2.14 bits per heavy atom. The van der Waals surface area contributed by atoms with Crippen LogP contribution in [0.1, 0.15) is 38.7 Å². The lowest BCUT2D eigenvalue weighted by atomic mass is 9.97. The smallest absolute Gasteiger partial charge is 0.326 e. The van der Waals surface area contributed by atoms with Gasteiger partial charge in [-0.25, -0.2) is 4.79 Å². The molecule has 1 aromatic carbocycles. The number of carboxylic acid groups (broad SMARTS) is 1. The van der Waals surface area contributed by atoms with Gasteiger partial charge in [-0.05, 0) is 30.7 Å². The summed E-state index contributed by atoms with van der Waals surface area (Å²) in [6.45, 7) is 2.97. The van der Waals surface area contributed by atoms with Crippen molar-refractivity contribution in [3.8, 4) is 0 Å². The van der Waals surface area contributed by atoms with Crippen LogP contribution in [0.15, 0.2) is 35.3 Å². The number of aliphatic carboxylic acids is 1. The molecule has 13 heteroatoms. The lowest BCUT2D eigenvalue weighted by Gasteiger charge is -2.27. The van der Waals surface area contributed by atoms with E-state index in [0.29, 0.717) is 12.8 Å². The standard InChI is InChI=1S/C24H39N7O6/c1-3-14(2)19(22(35)29-17(23(36)37)10-7-11-28-24(26)27)31-21(34)18(13-32)30-20(33)16(25)12-15-8-5-4-6-9-15/h4-6,8-9,14,16-19,32H,3,7,10-13,25H2,1-2H3,(H,29,35)(H,30,33)(H,31,34)(H,36,37)(H4,26,27,28). The van der Waals surface area contributed by atoms with Crippen molar-refractivity contribution in [1.29, 1.82) is 0 Å². The molecule has 1 rings (SSSR count). The van der Waals surface area contributed by atoms with Crippen LogP contribution in [0.5, 0.6) is 0 Å². The molecule has 0 radical (unpaired) electrons. The summed E-state index contributed by atoms with van der Waals surface area (Å²) in [6.07, 6.45) is 1.08. The molecule has 0 spiro atoms. The number of rotatable bonds is 16. The molecule has 11 N–H and O–H groups in total. The predicted molar refractivity (Wildman–Crippen MR) is 138 cm³/mol. The quantitative estimate of drug-likeness (QED) is 0.0694. The second-order valence-electron chi connectivity index (χ2n) is 8.76. The molecule has 0 heterocycles. The largest absolute Gasteiger partial charge is 0.480 e. The zero-order valence-corrected chi connectivity index (χ0v) is 21.2. The van der Waals surface area contributed by atoms with E-state index in [-0.39, 0.29) is 31.3 Å². The van der Waals surface area contributed by atoms with Crippen LogP contribution in [-0.4, -0.2) is 77.2 Å². The Bertz CT molecular complexity index is 923. The van der Waals surface area contributed by atoms with Crippen LogP contribution in [0.3, 0.4) is 0 Å². The van der Waals surface area contributed by atoms with E-state index in [2.05, 4.69) is 20.9 Å². The maximum Gasteiger partial charge on any atom is 0.326 e. The summed E-state index contributed by atoms with van der Waals surface area (Å²) in [7, 11) is 0. The maximum absolute atomic E-state index is 13.0. The van der Waals surface area contributed by atoms with E-state index in [1.807, 2.05) is 30.3 Å². The van der Waals surface area contributed by atoms with Gasteiger partial charge in [0, 0.05) is 6.54 Å². The highest BCUT2D eigenvalue weighted by atomic mass is 16.4. The van der Waals surface area contributed by atoms with Crippen molar-refractivity contribution < 1.29 is 29.4 Å². The summed E-state index contributed by atoms with van der Waals surface area (Å²) in [5.74, 6) is -3.91. The molecule has 37 heavy (non-hydrogen) atoms. The number of aliphatic imine (C=N–C) groups is 1. The number of nitrogens with two attached hydrogens (primary N) is 3. The van der Waals surface area contributed by atoms with Gasteiger partial charge in [0.2, 0.25) is 17.7 Å². The van der Waals surface area contributed by atoms with Gasteiger partial charge in [0.1, 0.15) is 18.1 Å². The van der Waals surface area contributed by atoms with Crippen LogP contribution in [-0.2, 0) is 25.6 Å². The van der Waals surface area contributed by atoms with Crippen molar-refractivity contribution in [3.05, 3.63) is 35.9 Å². The number of carbonyl (C=O) groups excluding carboxylic acids is 3. The number of aliphatic hydroxyl groups is 1. The number of carbonyl (C=O) groups is 4. The highest BCUT2D eigenvalue weighted by molar-refractivity contribution is 5.94. The van der Waals surface area contributed by atoms with Crippen molar-refractivity contribution in [1.82, 2.24) is 16.0 Å². The van der Waals surface area contributed by atoms with Gasteiger partial charge in [0.05, 0.1) is 12.6 Å². The molecule has 13 nitrogen and oxygen atoms in total. The molecule has 3 amide bonds. The second-order valence-corrected chi connectivity index (χ2v) is 8.76. The second kappa shape index (κ2) is 16.1. The Morgan fingerprint density at radius 1 is 0.973 bits per heavy atom. The molecule has 0 saturated heterocycles. The molecule has 5 unspecified atom stereocenters. The van der Waals surface area contributed by atoms with Crippen LogP contribution in [0.25, 0.3) is 0 Å². The highest BCUT2D eigenvalue weighted by Crippen LogP contribution is 2.10. The molecule has 0 aliphatic heterocycles. The van der Waals surface area contributed by atoms with Crippen molar-refractivity contribution >= 4 is 29.7 Å². The number of nitrogens with zero attached hydrogens (tertiary/aromatic N) is 1. The van der Waals surface area contributed by atoms with Crippen LogP contribution in [0, 0.1) is 5.92 Å². The number of hydrogen-bond donors (Lipinski definition) is 8. The number of amides is 3. The number of hydrogen-bond acceptors (Lipinski definition) is 7. The maximum atomic E-state index is 13.0. The summed E-state index contributed by atoms with van der Waals surface area (Å²) >= 11 is 0. The third-order valence-electron chi connectivity index (χ3n) is 5.80. The Kier molecular flexibility index (Phi) is 13.6. The minimum Gasteiger partial charge on any atom is -0.480 e. The van der Waals surface area contributed by atoms with Crippen molar-refractivity contribution in [2.24, 2.45) is 28.1 Å². The molecule has 0 fully saturated rings. The fourth-order valence-corrected chi connectivity index (χ4v) is 3.41. The Hall–Kier alpha value is -3.71. The van der Waals surface area contributed by atoms with Crippen LogP contribution < -0.4 is 33.2 Å². The lowest BCUT2D eigenvalue weighted by Crippen LogP contribution is -2.59. The van der Waals surface area contributed by atoms with E-state index in [9.17, 15) is 29.4 Å². The monoisotopic (exact) mass is 521 g/mol. The molecule has 0 bridgehead atoms. The molecule has 206 valence electrons. The van der Waals surface area contributed by atoms with Gasteiger partial charge in [-0.1, -0.05) is 50.6 Å². The number of nitrogens with one attached hydrogen (secondary N) is 3. The average molecular weight is 522 g/mol. The van der Waals surface area contributed by atoms with E-state index in [4.69, 9.17) is 17.2 Å². The van der Waals surface area contributed by atoms with E-state index >= 15 is 0 Å². The van der Waals surface area contributed by atoms with Crippen molar-refractivity contribution in [2.75, 3.05) is 13.2 Å². The Balaban J connectivity index is 2.83. The van der Waals surface area contributed by atoms with E-state index in [1.165, 1.54) is 0 Å². The molecule has 0 saturated carbocycles. The van der Waals surface area contributed by atoms with E-state index in [1.54, 1.807) is 13.8 Å². The van der Waals surface area contributed by atoms with E-state index < -0.39 is 54.5 Å². The van der Waals surface area contributed by atoms with Gasteiger partial charge >= 0.3 is 5.97 Å². The minimum atomic E-state index is -1.36. The third-order valence-corrected chi connectivity index (χ3v) is 5.80. The van der Waals surface area contributed by atoms with Crippen LogP contribution in [0.4, 0.5) is 0 Å². The zero-order valence-electron chi connectivity index (χ0n) is 21.2. The summed E-state index contributed by atoms with van der Waals surface area (Å²) in [4.78, 5) is 53.8. The van der Waals surface area contributed by atoms with Gasteiger partial charge in [-0.2, -0.15) is 0 Å². The molecule has 1 aromatic rings. The normalized spacial score (nSPS) is 14.8. The molecular formula is C24H39N7O6. The topological polar surface area (TPSA) is 235 Å². The molecule has 0 aliphatic carbocycles. The predicted octanol–water partition coefficient (Wildman–Crippen LogP) is -1.81. The molecule has 5 atom stereocenters. The first-order valence-electron chi connectivity index (χ1n) is 12.1. The SMILES string of the molecule is CCC(C)C(NC(=O)C(CO)NC(=O)C(N)Cc1ccccc1)C(=O)NC(CCCN=C(N)N)C(=O)O. The van der Waals surface area contributed by atoms with Crippen LogP contribution in [0.2, 0.25) is 0 Å². The van der Waals surface area contributed by atoms with Gasteiger partial charge < -0.3 is 43.4 Å². The molecule has 0 aromatic heterocycles. The van der Waals surface area contributed by atoms with Crippen LogP contribution >= 0.6 is 0 Å². The minimum absolute atomic E-state index is 0.0631. The summed E-state index contributed by atoms with van der Waals surface area (Å²) in [5.41, 5.74) is 17.3. The zero-order chi connectivity index (χ0) is 28.0. The lowest BCUT2D eigenvalue weighted by molar-refractivity contribution is -0.143. The average Bonchev–Trinajstić information content (AvgIpc) is 2.86. The van der Waals surface area contributed by atoms with Gasteiger partial charge in [0.25, 0.3) is 0 Å². The van der Waals surface area contributed by atoms with Gasteiger partial charge in [0.15, 0.2) is 5.96 Å². The first-order valence-corrected chi connectivity index (χ1v) is 12.1. The molecular weight excluding hydrogens is 482 g/mol. The fraction of sp³-hybridized carbons (Fsp3) is 0.542. The first-order chi connectivity index (χ1) is 17.5. The number of carboxylic acids is 1. The van der Waals surface area contributed by atoms with Crippen molar-refractivity contribution in [3.63, 3.8) is 0 Å². The summed E-state index contributed by atoms with van der Waals surface area (Å²) in [5, 5.41) is 26.6. The van der Waals surface area contributed by atoms with Gasteiger partial charge in [-0.15, -0.1) is 0 Å². The first kappa shape index (κ1) is 31.3. The number of guanidine groups is 1.